The third-order valence-electron chi connectivity index (χ3n) is 3.43. The van der Waals surface area contributed by atoms with Crippen LogP contribution in [0.2, 0.25) is 0 Å². The molecule has 90 valence electrons. The first-order chi connectivity index (χ1) is 7.72. The van der Waals surface area contributed by atoms with Gasteiger partial charge >= 0.3 is 0 Å². The number of epoxide rings is 1. The van der Waals surface area contributed by atoms with E-state index in [1.165, 1.54) is 31.5 Å². The van der Waals surface area contributed by atoms with E-state index in [0.717, 1.165) is 6.54 Å². The van der Waals surface area contributed by atoms with Crippen LogP contribution in [0.3, 0.4) is 0 Å². The average molecular weight is 221 g/mol. The zero-order valence-electron chi connectivity index (χ0n) is 10.7. The van der Waals surface area contributed by atoms with Gasteiger partial charge < -0.3 is 9.64 Å². The fraction of sp³-hybridized carbons (Fsp3) is 0.714. The molecule has 1 aliphatic heterocycles. The van der Waals surface area contributed by atoms with Crippen molar-refractivity contribution < 1.29 is 4.74 Å². The molecule has 0 aromatic heterocycles. The summed E-state index contributed by atoms with van der Waals surface area (Å²) in [6.45, 7) is 10.1. The molecule has 0 bridgehead atoms. The molecule has 0 N–H and O–H groups in total. The van der Waals surface area contributed by atoms with Crippen molar-refractivity contribution in [3.63, 3.8) is 0 Å². The number of rotatable bonds is 6. The van der Waals surface area contributed by atoms with E-state index in [0.29, 0.717) is 6.10 Å². The topological polar surface area (TPSA) is 15.8 Å². The minimum atomic E-state index is 0.0170. The normalized spacial score (nSPS) is 31.5. The zero-order valence-corrected chi connectivity index (χ0v) is 10.7. The minimum absolute atomic E-state index is 0.0170. The number of allylic oxidation sites excluding steroid dienone is 2. The van der Waals surface area contributed by atoms with E-state index in [9.17, 15) is 0 Å². The van der Waals surface area contributed by atoms with Gasteiger partial charge in [-0.25, -0.2) is 0 Å². The molecule has 2 aliphatic rings. The van der Waals surface area contributed by atoms with E-state index < -0.39 is 0 Å². The van der Waals surface area contributed by atoms with E-state index in [2.05, 4.69) is 43.9 Å². The Morgan fingerprint density at radius 2 is 2.00 bits per heavy atom. The van der Waals surface area contributed by atoms with Crippen LogP contribution in [-0.2, 0) is 4.74 Å². The van der Waals surface area contributed by atoms with Crippen LogP contribution in [0.25, 0.3) is 0 Å². The van der Waals surface area contributed by atoms with Gasteiger partial charge in [-0.3, -0.25) is 0 Å². The molecule has 0 saturated carbocycles. The number of hydrogen-bond acceptors (Lipinski definition) is 2. The Kier molecular flexibility index (Phi) is 3.50. The van der Waals surface area contributed by atoms with E-state index >= 15 is 0 Å². The molecule has 1 aliphatic carbocycles. The lowest BCUT2D eigenvalue weighted by molar-refractivity contribution is 0.211. The Morgan fingerprint density at radius 3 is 2.62 bits per heavy atom. The number of nitrogens with zero attached hydrogens (tertiary/aromatic N) is 1. The van der Waals surface area contributed by atoms with Gasteiger partial charge in [0.2, 0.25) is 0 Å². The van der Waals surface area contributed by atoms with Gasteiger partial charge in [-0.2, -0.15) is 0 Å². The van der Waals surface area contributed by atoms with Gasteiger partial charge in [0.1, 0.15) is 11.7 Å². The van der Waals surface area contributed by atoms with Crippen molar-refractivity contribution in [2.24, 2.45) is 0 Å². The van der Waals surface area contributed by atoms with Crippen LogP contribution < -0.4 is 0 Å². The van der Waals surface area contributed by atoms with E-state index in [-0.39, 0.29) is 5.60 Å². The quantitative estimate of drug-likeness (QED) is 0.641. The Morgan fingerprint density at radius 1 is 1.31 bits per heavy atom. The number of ether oxygens (including phenoxy) is 1. The van der Waals surface area contributed by atoms with Crippen molar-refractivity contribution >= 4 is 0 Å². The Bertz CT molecular complexity index is 302. The molecular formula is C14H23NO. The highest BCUT2D eigenvalue weighted by atomic mass is 16.6. The minimum Gasteiger partial charge on any atom is -0.355 e. The lowest BCUT2D eigenvalue weighted by atomic mass is 9.94. The van der Waals surface area contributed by atoms with Gasteiger partial charge in [-0.15, -0.1) is 0 Å². The molecule has 2 heteroatoms. The van der Waals surface area contributed by atoms with Crippen molar-refractivity contribution in [2.45, 2.75) is 45.3 Å². The first-order valence-corrected chi connectivity index (χ1v) is 6.48. The molecule has 1 fully saturated rings. The molecule has 0 radical (unpaired) electrons. The van der Waals surface area contributed by atoms with Gasteiger partial charge in [-0.05, 0) is 44.5 Å². The van der Waals surface area contributed by atoms with Crippen LogP contribution in [-0.4, -0.2) is 36.2 Å². The van der Waals surface area contributed by atoms with Gasteiger partial charge in [0, 0.05) is 6.54 Å². The highest BCUT2D eigenvalue weighted by molar-refractivity contribution is 5.37. The molecule has 2 atom stereocenters. The molecule has 1 heterocycles. The first-order valence-electron chi connectivity index (χ1n) is 6.48. The summed E-state index contributed by atoms with van der Waals surface area (Å²) >= 11 is 0. The van der Waals surface area contributed by atoms with Crippen molar-refractivity contribution in [3.8, 4) is 0 Å². The zero-order chi connectivity index (χ0) is 11.6. The highest BCUT2D eigenvalue weighted by Gasteiger charge is 2.56. The Hall–Kier alpha value is -0.600. The van der Waals surface area contributed by atoms with Crippen LogP contribution >= 0.6 is 0 Å². The second kappa shape index (κ2) is 4.72. The van der Waals surface area contributed by atoms with Gasteiger partial charge in [0.25, 0.3) is 0 Å². The molecule has 16 heavy (non-hydrogen) atoms. The summed E-state index contributed by atoms with van der Waals surface area (Å²) in [4.78, 5) is 2.53. The largest absolute Gasteiger partial charge is 0.355 e. The third-order valence-corrected chi connectivity index (χ3v) is 3.43. The SMILES string of the molecule is CCCN(CCC)CC12C=CC=C(C)C1O2. The van der Waals surface area contributed by atoms with E-state index in [1.807, 2.05) is 0 Å². The smallest absolute Gasteiger partial charge is 0.130 e. The van der Waals surface area contributed by atoms with Crippen molar-refractivity contribution in [1.82, 2.24) is 4.90 Å². The molecule has 2 nitrogen and oxygen atoms in total. The molecule has 2 unspecified atom stereocenters. The maximum Gasteiger partial charge on any atom is 0.130 e. The van der Waals surface area contributed by atoms with Crippen LogP contribution in [0.15, 0.2) is 23.8 Å². The summed E-state index contributed by atoms with van der Waals surface area (Å²) in [5.74, 6) is 0. The van der Waals surface area contributed by atoms with E-state index in [1.54, 1.807) is 0 Å². The monoisotopic (exact) mass is 221 g/mol. The summed E-state index contributed by atoms with van der Waals surface area (Å²) in [5, 5.41) is 0. The molecule has 0 spiro atoms. The van der Waals surface area contributed by atoms with Crippen LogP contribution in [0.4, 0.5) is 0 Å². The van der Waals surface area contributed by atoms with Gasteiger partial charge in [0.15, 0.2) is 0 Å². The number of hydrogen-bond donors (Lipinski definition) is 0. The molecule has 0 amide bonds. The van der Waals surface area contributed by atoms with Crippen molar-refractivity contribution in [1.29, 1.82) is 0 Å². The Balaban J connectivity index is 1.94. The molecule has 0 aromatic carbocycles. The lowest BCUT2D eigenvalue weighted by Crippen LogP contribution is -2.36. The second-order valence-electron chi connectivity index (χ2n) is 5.00. The summed E-state index contributed by atoms with van der Waals surface area (Å²) in [6, 6.07) is 0. The lowest BCUT2D eigenvalue weighted by Gasteiger charge is -2.24. The van der Waals surface area contributed by atoms with E-state index in [4.69, 9.17) is 4.74 Å². The van der Waals surface area contributed by atoms with Crippen molar-refractivity contribution in [2.75, 3.05) is 19.6 Å². The maximum atomic E-state index is 5.90. The summed E-state index contributed by atoms with van der Waals surface area (Å²) in [7, 11) is 0. The highest BCUT2D eigenvalue weighted by Crippen LogP contribution is 2.45. The van der Waals surface area contributed by atoms with Crippen molar-refractivity contribution in [3.05, 3.63) is 23.8 Å². The predicted octanol–water partition coefficient (Wildman–Crippen LogP) is 2.76. The average Bonchev–Trinajstić information content (AvgIpc) is 2.95. The van der Waals surface area contributed by atoms with Crippen LogP contribution in [0, 0.1) is 0 Å². The fourth-order valence-corrected chi connectivity index (χ4v) is 2.67. The maximum absolute atomic E-state index is 5.90. The second-order valence-corrected chi connectivity index (χ2v) is 5.00. The summed E-state index contributed by atoms with van der Waals surface area (Å²) in [6.07, 6.45) is 9.35. The molecule has 2 rings (SSSR count). The van der Waals surface area contributed by atoms with Gasteiger partial charge in [-0.1, -0.05) is 26.0 Å². The molecular weight excluding hydrogens is 198 g/mol. The summed E-state index contributed by atoms with van der Waals surface area (Å²) in [5.41, 5.74) is 1.39. The number of fused-ring (bicyclic) bond motifs is 1. The first kappa shape index (κ1) is 11.9. The van der Waals surface area contributed by atoms with Crippen LogP contribution in [0.1, 0.15) is 33.6 Å². The predicted molar refractivity (Wildman–Crippen MR) is 67.5 cm³/mol. The third kappa shape index (κ3) is 2.23. The molecule has 1 saturated heterocycles. The standard InChI is InChI=1S/C14H23NO/c1-4-9-15(10-5-2)11-14-8-6-7-12(3)13(14)16-14/h6-8,13H,4-5,9-11H2,1-3H3. The molecule has 0 aromatic rings. The fourth-order valence-electron chi connectivity index (χ4n) is 2.67. The van der Waals surface area contributed by atoms with Crippen LogP contribution in [0.5, 0.6) is 0 Å². The Labute approximate surface area is 99.0 Å². The summed E-state index contributed by atoms with van der Waals surface area (Å²) < 4.78 is 5.90. The van der Waals surface area contributed by atoms with Gasteiger partial charge in [0.05, 0.1) is 0 Å².